The fraction of sp³-hybridized carbons (Fsp3) is 0.125. The van der Waals surface area contributed by atoms with Crippen molar-refractivity contribution in [1.82, 2.24) is 4.72 Å². The molecule has 0 aliphatic heterocycles. The number of hydrogen-bond acceptors (Lipinski definition) is 4. The van der Waals surface area contributed by atoms with Crippen molar-refractivity contribution in [2.75, 3.05) is 29.6 Å². The summed E-state index contributed by atoms with van der Waals surface area (Å²) in [4.78, 5) is 25.5. The summed E-state index contributed by atoms with van der Waals surface area (Å²) in [5.74, 6) is -0.336. The Hall–Kier alpha value is -2.67. The Labute approximate surface area is 140 Å². The minimum atomic E-state index is -0.383. The molecule has 0 saturated heterocycles. The van der Waals surface area contributed by atoms with Crippen molar-refractivity contribution in [3.05, 3.63) is 54.1 Å². The number of anilines is 3. The van der Waals surface area contributed by atoms with E-state index >= 15 is 0 Å². The third-order valence-electron chi connectivity index (χ3n) is 3.13. The number of hydrogen-bond donors (Lipinski definition) is 4. The molecule has 0 unspecified atom stereocenters. The van der Waals surface area contributed by atoms with Gasteiger partial charge in [0.15, 0.2) is 0 Å². The van der Waals surface area contributed by atoms with Crippen molar-refractivity contribution in [2.24, 2.45) is 0 Å². The number of benzene rings is 2. The normalized spacial score (nSPS) is 9.87. The molecule has 3 amide bonds. The maximum Gasteiger partial charge on any atom is 0.323 e. The average Bonchev–Trinajstić information content (AvgIpc) is 2.54. The maximum atomic E-state index is 12.0. The van der Waals surface area contributed by atoms with Gasteiger partial charge in [-0.15, -0.1) is 0 Å². The summed E-state index contributed by atoms with van der Waals surface area (Å²) in [5.41, 5.74) is 2.65. The second-order valence-corrected chi connectivity index (χ2v) is 5.27. The second-order valence-electron chi connectivity index (χ2n) is 5.04. The first kappa shape index (κ1) is 16.7. The lowest BCUT2D eigenvalue weighted by Crippen LogP contribution is -2.20. The summed E-state index contributed by atoms with van der Waals surface area (Å²) in [6, 6.07) is 13.7. The van der Waals surface area contributed by atoms with E-state index in [-0.39, 0.29) is 11.9 Å². The van der Waals surface area contributed by atoms with Crippen molar-refractivity contribution in [1.29, 1.82) is 0 Å². The number of nitrogens with one attached hydrogen (secondary N) is 3. The molecule has 0 atom stereocenters. The number of thiol groups is 1. The highest BCUT2D eigenvalue weighted by Gasteiger charge is 2.07. The van der Waals surface area contributed by atoms with Crippen LogP contribution in [0.1, 0.15) is 10.4 Å². The molecule has 23 heavy (non-hydrogen) atoms. The van der Waals surface area contributed by atoms with E-state index in [0.29, 0.717) is 16.9 Å². The molecule has 0 heterocycles. The topological polar surface area (TPSA) is 73.5 Å². The molecule has 2 rings (SSSR count). The molecule has 0 bridgehead atoms. The smallest absolute Gasteiger partial charge is 0.323 e. The van der Waals surface area contributed by atoms with E-state index in [1.54, 1.807) is 24.3 Å². The molecule has 2 aromatic carbocycles. The van der Waals surface area contributed by atoms with E-state index in [0.717, 1.165) is 5.69 Å². The Kier molecular flexibility index (Phi) is 5.48. The van der Waals surface area contributed by atoms with Gasteiger partial charge in [-0.05, 0) is 42.5 Å². The molecule has 0 aliphatic carbocycles. The largest absolute Gasteiger partial charge is 0.378 e. The minimum absolute atomic E-state index is 0.336. The van der Waals surface area contributed by atoms with E-state index in [1.807, 2.05) is 43.3 Å². The minimum Gasteiger partial charge on any atom is -0.378 e. The molecule has 2 aromatic rings. The van der Waals surface area contributed by atoms with Gasteiger partial charge in [-0.25, -0.2) is 4.79 Å². The van der Waals surface area contributed by atoms with Crippen LogP contribution in [0.25, 0.3) is 0 Å². The van der Waals surface area contributed by atoms with Crippen molar-refractivity contribution in [2.45, 2.75) is 0 Å². The van der Waals surface area contributed by atoms with Gasteiger partial charge in [0, 0.05) is 36.7 Å². The lowest BCUT2D eigenvalue weighted by atomic mass is 10.2. The highest BCUT2D eigenvalue weighted by Crippen LogP contribution is 2.16. The van der Waals surface area contributed by atoms with E-state index < -0.39 is 0 Å². The van der Waals surface area contributed by atoms with Gasteiger partial charge in [-0.3, -0.25) is 9.52 Å². The summed E-state index contributed by atoms with van der Waals surface area (Å²) in [7, 11) is 3.90. The summed E-state index contributed by atoms with van der Waals surface area (Å²) < 4.78 is 2.24. The SMILES string of the molecule is CN(C)c1ccc(NC(=O)Nc2cccc(C(=O)NS)c2)cc1. The van der Waals surface area contributed by atoms with Crippen LogP contribution in [0.5, 0.6) is 0 Å². The molecule has 3 N–H and O–H groups in total. The summed E-state index contributed by atoms with van der Waals surface area (Å²) in [5, 5.41) is 5.42. The van der Waals surface area contributed by atoms with Crippen molar-refractivity contribution in [3.63, 3.8) is 0 Å². The molecule has 0 radical (unpaired) electrons. The van der Waals surface area contributed by atoms with Crippen LogP contribution >= 0.6 is 12.8 Å². The number of rotatable bonds is 4. The molecular formula is C16H18N4O2S. The van der Waals surface area contributed by atoms with Gasteiger partial charge in [-0.1, -0.05) is 18.9 Å². The number of amides is 3. The van der Waals surface area contributed by atoms with Crippen molar-refractivity contribution >= 4 is 41.8 Å². The standard InChI is InChI=1S/C16H18N4O2S/c1-20(2)14-8-6-12(7-9-14)17-16(22)18-13-5-3-4-11(10-13)15(21)19-23/h3-10,23H,1-2H3,(H,19,21)(H2,17,18,22). The fourth-order valence-electron chi connectivity index (χ4n) is 1.94. The molecule has 120 valence electrons. The van der Waals surface area contributed by atoms with Crippen LogP contribution in [0.4, 0.5) is 21.9 Å². The van der Waals surface area contributed by atoms with Crippen LogP contribution in [0.2, 0.25) is 0 Å². The summed E-state index contributed by atoms with van der Waals surface area (Å²) >= 11 is 3.72. The predicted octanol–water partition coefficient (Wildman–Crippen LogP) is 2.97. The molecule has 0 fully saturated rings. The lowest BCUT2D eigenvalue weighted by molar-refractivity contribution is 0.0985. The van der Waals surface area contributed by atoms with E-state index in [9.17, 15) is 9.59 Å². The van der Waals surface area contributed by atoms with E-state index in [4.69, 9.17) is 0 Å². The van der Waals surface area contributed by atoms with Crippen LogP contribution in [-0.4, -0.2) is 26.0 Å². The zero-order valence-electron chi connectivity index (χ0n) is 12.8. The first-order valence-corrected chi connectivity index (χ1v) is 7.34. The molecule has 0 aromatic heterocycles. The Morgan fingerprint density at radius 3 is 2.22 bits per heavy atom. The molecule has 0 saturated carbocycles. The monoisotopic (exact) mass is 330 g/mol. The summed E-state index contributed by atoms with van der Waals surface area (Å²) in [6.07, 6.45) is 0. The van der Waals surface area contributed by atoms with Gasteiger partial charge >= 0.3 is 6.03 Å². The predicted molar refractivity (Wildman–Crippen MR) is 96.3 cm³/mol. The van der Waals surface area contributed by atoms with Crippen molar-refractivity contribution < 1.29 is 9.59 Å². The highest BCUT2D eigenvalue weighted by atomic mass is 32.1. The first-order valence-electron chi connectivity index (χ1n) is 6.89. The molecule has 7 heteroatoms. The third-order valence-corrected chi connectivity index (χ3v) is 3.33. The quantitative estimate of drug-likeness (QED) is 0.651. The Morgan fingerprint density at radius 2 is 1.61 bits per heavy atom. The highest BCUT2D eigenvalue weighted by molar-refractivity contribution is 7.78. The van der Waals surface area contributed by atoms with Gasteiger partial charge in [0.25, 0.3) is 5.91 Å². The molecule has 0 spiro atoms. The third kappa shape index (κ3) is 4.65. The lowest BCUT2D eigenvalue weighted by Gasteiger charge is -2.13. The van der Waals surface area contributed by atoms with E-state index in [1.165, 1.54) is 0 Å². The number of carbonyl (C=O) groups is 2. The number of nitrogens with zero attached hydrogens (tertiary/aromatic N) is 1. The summed E-state index contributed by atoms with van der Waals surface area (Å²) in [6.45, 7) is 0. The fourth-order valence-corrected chi connectivity index (χ4v) is 2.07. The zero-order chi connectivity index (χ0) is 16.8. The Balaban J connectivity index is 2.00. The van der Waals surface area contributed by atoms with Crippen molar-refractivity contribution in [3.8, 4) is 0 Å². The first-order chi connectivity index (χ1) is 11.0. The Morgan fingerprint density at radius 1 is 0.957 bits per heavy atom. The van der Waals surface area contributed by atoms with Gasteiger partial charge in [0.05, 0.1) is 0 Å². The van der Waals surface area contributed by atoms with Gasteiger partial charge in [0.2, 0.25) is 0 Å². The van der Waals surface area contributed by atoms with Crippen LogP contribution < -0.4 is 20.3 Å². The number of carbonyl (C=O) groups excluding carboxylic acids is 2. The molecular weight excluding hydrogens is 312 g/mol. The van der Waals surface area contributed by atoms with Gasteiger partial charge < -0.3 is 15.5 Å². The molecule has 0 aliphatic rings. The second kappa shape index (κ2) is 7.55. The van der Waals surface area contributed by atoms with E-state index in [2.05, 4.69) is 28.2 Å². The van der Waals surface area contributed by atoms with Crippen LogP contribution in [0, 0.1) is 0 Å². The Bertz CT molecular complexity index is 701. The van der Waals surface area contributed by atoms with Crippen LogP contribution in [0.3, 0.4) is 0 Å². The van der Waals surface area contributed by atoms with Gasteiger partial charge in [0.1, 0.15) is 0 Å². The molecule has 6 nitrogen and oxygen atoms in total. The van der Waals surface area contributed by atoms with Crippen LogP contribution in [-0.2, 0) is 0 Å². The zero-order valence-corrected chi connectivity index (χ0v) is 13.7. The van der Waals surface area contributed by atoms with Gasteiger partial charge in [-0.2, -0.15) is 0 Å². The average molecular weight is 330 g/mol. The maximum absolute atomic E-state index is 12.0. The van der Waals surface area contributed by atoms with Crippen LogP contribution in [0.15, 0.2) is 48.5 Å². The number of urea groups is 1.